The molecule has 0 saturated carbocycles. The van der Waals surface area contributed by atoms with Crippen LogP contribution in [0.4, 0.5) is 0 Å². The number of likely N-dealkylation sites (N-methyl/N-ethyl adjacent to an activating group) is 1. The van der Waals surface area contributed by atoms with Crippen LogP contribution in [0.2, 0.25) is 5.02 Å². The zero-order valence-electron chi connectivity index (χ0n) is 17.0. The van der Waals surface area contributed by atoms with Crippen molar-refractivity contribution < 1.29 is 14.3 Å². The van der Waals surface area contributed by atoms with Crippen molar-refractivity contribution in [3.8, 4) is 5.75 Å². The lowest BCUT2D eigenvalue weighted by atomic mass is 10.1. The number of nitrogens with zero attached hydrogens (tertiary/aromatic N) is 1. The van der Waals surface area contributed by atoms with Gasteiger partial charge in [0.2, 0.25) is 11.8 Å². The summed E-state index contributed by atoms with van der Waals surface area (Å²) in [6.07, 6.45) is 0. The average Bonchev–Trinajstić information content (AvgIpc) is 2.73. The number of rotatable bonds is 10. The molecular weight excluding hydrogens is 408 g/mol. The van der Waals surface area contributed by atoms with Crippen LogP contribution >= 0.6 is 23.4 Å². The van der Waals surface area contributed by atoms with Gasteiger partial charge in [-0.1, -0.05) is 35.9 Å². The number of thioether (sulfide) groups is 1. The lowest BCUT2D eigenvalue weighted by Crippen LogP contribution is -2.48. The molecule has 2 rings (SSSR count). The Morgan fingerprint density at radius 2 is 1.72 bits per heavy atom. The molecule has 7 heteroatoms. The summed E-state index contributed by atoms with van der Waals surface area (Å²) >= 11 is 7.48. The van der Waals surface area contributed by atoms with Crippen LogP contribution in [-0.2, 0) is 21.9 Å². The number of ether oxygens (including phenoxy) is 1. The SMILES string of the molecule is CCNC(=O)C(C)N(Cc1ccc(Cl)cc1)C(=O)CSCc1ccc(OC)cc1. The van der Waals surface area contributed by atoms with Gasteiger partial charge in [0.25, 0.3) is 0 Å². The largest absolute Gasteiger partial charge is 0.497 e. The second-order valence-corrected chi connectivity index (χ2v) is 7.98. The smallest absolute Gasteiger partial charge is 0.242 e. The summed E-state index contributed by atoms with van der Waals surface area (Å²) in [6.45, 7) is 4.50. The van der Waals surface area contributed by atoms with E-state index in [1.165, 1.54) is 11.8 Å². The zero-order valence-corrected chi connectivity index (χ0v) is 18.6. The van der Waals surface area contributed by atoms with Gasteiger partial charge in [-0.2, -0.15) is 0 Å². The molecule has 1 N–H and O–H groups in total. The highest BCUT2D eigenvalue weighted by molar-refractivity contribution is 7.99. The van der Waals surface area contributed by atoms with E-state index in [-0.39, 0.29) is 11.8 Å². The van der Waals surface area contributed by atoms with Gasteiger partial charge < -0.3 is 15.0 Å². The molecule has 0 aliphatic heterocycles. The third-order valence-electron chi connectivity index (χ3n) is 4.44. The number of hydrogen-bond donors (Lipinski definition) is 1. The average molecular weight is 435 g/mol. The molecule has 0 aromatic heterocycles. The molecule has 0 saturated heterocycles. The third-order valence-corrected chi connectivity index (χ3v) is 5.68. The van der Waals surface area contributed by atoms with Crippen LogP contribution in [0.5, 0.6) is 5.75 Å². The molecule has 0 aliphatic carbocycles. The molecule has 2 aromatic carbocycles. The van der Waals surface area contributed by atoms with E-state index in [0.717, 1.165) is 16.9 Å². The highest BCUT2D eigenvalue weighted by Crippen LogP contribution is 2.19. The van der Waals surface area contributed by atoms with Crippen molar-refractivity contribution in [1.82, 2.24) is 10.2 Å². The summed E-state index contributed by atoms with van der Waals surface area (Å²) in [4.78, 5) is 26.9. The van der Waals surface area contributed by atoms with Crippen molar-refractivity contribution in [2.75, 3.05) is 19.4 Å². The van der Waals surface area contributed by atoms with E-state index in [4.69, 9.17) is 16.3 Å². The van der Waals surface area contributed by atoms with Crippen molar-refractivity contribution in [3.63, 3.8) is 0 Å². The Bertz CT molecular complexity index is 797. The molecule has 29 heavy (non-hydrogen) atoms. The highest BCUT2D eigenvalue weighted by atomic mass is 35.5. The molecule has 1 unspecified atom stereocenters. The fourth-order valence-electron chi connectivity index (χ4n) is 2.75. The van der Waals surface area contributed by atoms with Crippen molar-refractivity contribution in [2.24, 2.45) is 0 Å². The molecular formula is C22H27ClN2O3S. The van der Waals surface area contributed by atoms with Gasteiger partial charge in [0, 0.05) is 23.9 Å². The maximum Gasteiger partial charge on any atom is 0.242 e. The van der Waals surface area contributed by atoms with E-state index in [2.05, 4.69) is 5.32 Å². The van der Waals surface area contributed by atoms with Crippen molar-refractivity contribution in [1.29, 1.82) is 0 Å². The fourth-order valence-corrected chi connectivity index (χ4v) is 3.75. The van der Waals surface area contributed by atoms with Gasteiger partial charge in [0.15, 0.2) is 0 Å². The molecule has 2 aromatic rings. The number of hydrogen-bond acceptors (Lipinski definition) is 4. The second-order valence-electron chi connectivity index (χ2n) is 6.56. The molecule has 0 bridgehead atoms. The fraction of sp³-hybridized carbons (Fsp3) is 0.364. The first-order valence-corrected chi connectivity index (χ1v) is 11.0. The van der Waals surface area contributed by atoms with Gasteiger partial charge in [-0.3, -0.25) is 9.59 Å². The number of carbonyl (C=O) groups is 2. The maximum absolute atomic E-state index is 12.9. The van der Waals surface area contributed by atoms with Gasteiger partial charge in [-0.05, 0) is 49.2 Å². The van der Waals surface area contributed by atoms with Crippen LogP contribution in [0.1, 0.15) is 25.0 Å². The van der Waals surface area contributed by atoms with Crippen LogP contribution < -0.4 is 10.1 Å². The van der Waals surface area contributed by atoms with Gasteiger partial charge in [0.05, 0.1) is 12.9 Å². The number of halogens is 1. The first kappa shape index (κ1) is 23.1. The summed E-state index contributed by atoms with van der Waals surface area (Å²) in [5, 5.41) is 3.43. The van der Waals surface area contributed by atoms with E-state index in [0.29, 0.717) is 29.6 Å². The Kier molecular flexibility index (Phi) is 9.35. The first-order valence-electron chi connectivity index (χ1n) is 9.47. The van der Waals surface area contributed by atoms with Crippen LogP contribution in [-0.4, -0.2) is 42.2 Å². The number of carbonyl (C=O) groups excluding carboxylic acids is 2. The summed E-state index contributed by atoms with van der Waals surface area (Å²) < 4.78 is 5.16. The lowest BCUT2D eigenvalue weighted by Gasteiger charge is -2.28. The Morgan fingerprint density at radius 3 is 2.31 bits per heavy atom. The first-order chi connectivity index (χ1) is 13.9. The lowest BCUT2D eigenvalue weighted by molar-refractivity contribution is -0.138. The molecule has 1 atom stereocenters. The number of nitrogens with one attached hydrogen (secondary N) is 1. The normalized spacial score (nSPS) is 11.6. The number of methoxy groups -OCH3 is 1. The third kappa shape index (κ3) is 7.29. The predicted molar refractivity (Wildman–Crippen MR) is 119 cm³/mol. The Balaban J connectivity index is 2.02. The standard InChI is InChI=1S/C22H27ClN2O3S/c1-4-24-22(27)16(2)25(13-17-5-9-19(23)10-6-17)21(26)15-29-14-18-7-11-20(28-3)12-8-18/h5-12,16H,4,13-15H2,1-3H3,(H,24,27). The molecule has 0 spiro atoms. The van der Waals surface area contributed by atoms with E-state index in [9.17, 15) is 9.59 Å². The van der Waals surface area contributed by atoms with Crippen LogP contribution in [0.15, 0.2) is 48.5 Å². The van der Waals surface area contributed by atoms with E-state index in [1.54, 1.807) is 31.1 Å². The van der Waals surface area contributed by atoms with E-state index in [1.807, 2.05) is 43.3 Å². The maximum atomic E-state index is 12.9. The summed E-state index contributed by atoms with van der Waals surface area (Å²) in [5.41, 5.74) is 2.05. The highest BCUT2D eigenvalue weighted by Gasteiger charge is 2.25. The zero-order chi connectivity index (χ0) is 21.2. The number of benzene rings is 2. The Morgan fingerprint density at radius 1 is 1.10 bits per heavy atom. The van der Waals surface area contributed by atoms with Crippen molar-refractivity contribution >= 4 is 35.2 Å². The Hall–Kier alpha value is -2.18. The molecule has 156 valence electrons. The molecule has 0 aliphatic rings. The topological polar surface area (TPSA) is 58.6 Å². The van der Waals surface area contributed by atoms with E-state index >= 15 is 0 Å². The predicted octanol–water partition coefficient (Wildman–Crippen LogP) is 4.14. The monoisotopic (exact) mass is 434 g/mol. The van der Waals surface area contributed by atoms with E-state index < -0.39 is 6.04 Å². The van der Waals surface area contributed by atoms with Crippen LogP contribution in [0.25, 0.3) is 0 Å². The summed E-state index contributed by atoms with van der Waals surface area (Å²) in [5.74, 6) is 1.58. The van der Waals surface area contributed by atoms with Crippen LogP contribution in [0.3, 0.4) is 0 Å². The number of amides is 2. The Labute approximate surface area is 181 Å². The molecule has 0 fully saturated rings. The minimum atomic E-state index is -0.556. The van der Waals surface area contributed by atoms with Gasteiger partial charge in [0.1, 0.15) is 11.8 Å². The summed E-state index contributed by atoms with van der Waals surface area (Å²) in [7, 11) is 1.63. The van der Waals surface area contributed by atoms with Crippen molar-refractivity contribution in [3.05, 3.63) is 64.7 Å². The second kappa shape index (κ2) is 11.7. The molecule has 2 amide bonds. The molecule has 5 nitrogen and oxygen atoms in total. The van der Waals surface area contributed by atoms with Gasteiger partial charge in [-0.25, -0.2) is 0 Å². The molecule has 0 heterocycles. The van der Waals surface area contributed by atoms with Gasteiger partial charge >= 0.3 is 0 Å². The summed E-state index contributed by atoms with van der Waals surface area (Å²) in [6, 6.07) is 14.5. The van der Waals surface area contributed by atoms with Crippen molar-refractivity contribution in [2.45, 2.75) is 32.2 Å². The van der Waals surface area contributed by atoms with Crippen LogP contribution in [0, 0.1) is 0 Å². The molecule has 0 radical (unpaired) electrons. The van der Waals surface area contributed by atoms with Gasteiger partial charge in [-0.15, -0.1) is 11.8 Å². The quantitative estimate of drug-likeness (QED) is 0.610. The minimum Gasteiger partial charge on any atom is -0.497 e. The minimum absolute atomic E-state index is 0.0720.